The zero-order chi connectivity index (χ0) is 21.3. The van der Waals surface area contributed by atoms with E-state index in [1.807, 2.05) is 39.0 Å². The van der Waals surface area contributed by atoms with E-state index in [2.05, 4.69) is 13.0 Å². The lowest BCUT2D eigenvalue weighted by Gasteiger charge is -2.19. The van der Waals surface area contributed by atoms with Crippen LogP contribution in [0, 0.1) is 0 Å². The standard InChI is InChI=1S/C24H42O4/c1-6-7-15-18-22(27-21(2)25)19-16-13-11-9-8-10-12-14-17-20-23(26)28-24(3,4)5/h11,13,16,19,22H,6-10,12,14-15,17-18,20H2,1-5H3/b13-11-,19-16+/t22-/m0/s1. The summed E-state index contributed by atoms with van der Waals surface area (Å²) >= 11 is 0. The molecule has 0 saturated heterocycles. The molecule has 0 heterocycles. The molecule has 0 spiro atoms. The molecule has 1 atom stereocenters. The molecule has 0 radical (unpaired) electrons. The first-order valence-electron chi connectivity index (χ1n) is 11.0. The van der Waals surface area contributed by atoms with Crippen LogP contribution < -0.4 is 0 Å². The number of carbonyl (C=O) groups is 2. The molecule has 0 amide bonds. The lowest BCUT2D eigenvalue weighted by atomic mass is 10.1. The summed E-state index contributed by atoms with van der Waals surface area (Å²) in [6, 6.07) is 0. The van der Waals surface area contributed by atoms with Gasteiger partial charge in [0.15, 0.2) is 0 Å². The molecule has 0 aliphatic carbocycles. The molecule has 0 aromatic heterocycles. The largest absolute Gasteiger partial charge is 0.460 e. The Hall–Kier alpha value is -1.58. The summed E-state index contributed by atoms with van der Waals surface area (Å²) in [5, 5.41) is 0. The van der Waals surface area contributed by atoms with Gasteiger partial charge in [-0.1, -0.05) is 57.3 Å². The van der Waals surface area contributed by atoms with Gasteiger partial charge in [0, 0.05) is 13.3 Å². The molecular formula is C24H42O4. The van der Waals surface area contributed by atoms with Crippen LogP contribution in [0.5, 0.6) is 0 Å². The Morgan fingerprint density at radius 1 is 0.929 bits per heavy atom. The van der Waals surface area contributed by atoms with Crippen molar-refractivity contribution in [1.82, 2.24) is 0 Å². The minimum atomic E-state index is -0.383. The second-order valence-electron chi connectivity index (χ2n) is 8.35. The third kappa shape index (κ3) is 19.2. The highest BCUT2D eigenvalue weighted by molar-refractivity contribution is 5.69. The second kappa shape index (κ2) is 16.4. The molecule has 162 valence electrons. The number of carbonyl (C=O) groups excluding carboxylic acids is 2. The molecule has 4 nitrogen and oxygen atoms in total. The first-order valence-corrected chi connectivity index (χ1v) is 11.0. The minimum Gasteiger partial charge on any atom is -0.460 e. The molecule has 0 bridgehead atoms. The van der Waals surface area contributed by atoms with Crippen molar-refractivity contribution in [2.24, 2.45) is 0 Å². The smallest absolute Gasteiger partial charge is 0.306 e. The molecule has 0 aliphatic heterocycles. The van der Waals surface area contributed by atoms with Gasteiger partial charge < -0.3 is 9.47 Å². The molecule has 0 aromatic rings. The predicted molar refractivity (Wildman–Crippen MR) is 116 cm³/mol. The van der Waals surface area contributed by atoms with Crippen molar-refractivity contribution in [3.63, 3.8) is 0 Å². The van der Waals surface area contributed by atoms with Gasteiger partial charge in [0.25, 0.3) is 0 Å². The van der Waals surface area contributed by atoms with E-state index in [1.54, 1.807) is 0 Å². The summed E-state index contributed by atoms with van der Waals surface area (Å²) in [7, 11) is 0. The van der Waals surface area contributed by atoms with Gasteiger partial charge in [0.05, 0.1) is 0 Å². The number of esters is 2. The summed E-state index contributed by atoms with van der Waals surface area (Å²) in [5.74, 6) is -0.314. The van der Waals surface area contributed by atoms with Crippen molar-refractivity contribution in [2.75, 3.05) is 0 Å². The van der Waals surface area contributed by atoms with Crippen LogP contribution in [0.4, 0.5) is 0 Å². The SMILES string of the molecule is CCCCC[C@@H](/C=C/C=C\CCCCCCCC(=O)OC(C)(C)C)OC(C)=O. The zero-order valence-electron chi connectivity index (χ0n) is 18.8. The molecule has 0 N–H and O–H groups in total. The molecule has 0 fully saturated rings. The van der Waals surface area contributed by atoms with E-state index in [4.69, 9.17) is 9.47 Å². The van der Waals surface area contributed by atoms with Crippen molar-refractivity contribution in [1.29, 1.82) is 0 Å². The van der Waals surface area contributed by atoms with E-state index < -0.39 is 0 Å². The maximum atomic E-state index is 11.6. The lowest BCUT2D eigenvalue weighted by Crippen LogP contribution is -2.23. The fraction of sp³-hybridized carbons (Fsp3) is 0.750. The lowest BCUT2D eigenvalue weighted by molar-refractivity contribution is -0.155. The number of unbranched alkanes of at least 4 members (excludes halogenated alkanes) is 7. The molecule has 0 aromatic carbocycles. The van der Waals surface area contributed by atoms with Crippen LogP contribution in [0.3, 0.4) is 0 Å². The number of rotatable bonds is 15. The molecule has 28 heavy (non-hydrogen) atoms. The highest BCUT2D eigenvalue weighted by Crippen LogP contribution is 2.12. The van der Waals surface area contributed by atoms with E-state index in [0.29, 0.717) is 6.42 Å². The fourth-order valence-electron chi connectivity index (χ4n) is 2.82. The third-order valence-electron chi connectivity index (χ3n) is 4.15. The second-order valence-corrected chi connectivity index (χ2v) is 8.35. The average molecular weight is 395 g/mol. The van der Waals surface area contributed by atoms with Crippen LogP contribution >= 0.6 is 0 Å². The molecular weight excluding hydrogens is 352 g/mol. The van der Waals surface area contributed by atoms with E-state index >= 15 is 0 Å². The Kier molecular flexibility index (Phi) is 15.5. The Bertz CT molecular complexity index is 471. The van der Waals surface area contributed by atoms with Gasteiger partial charge in [0.1, 0.15) is 11.7 Å². The van der Waals surface area contributed by atoms with Gasteiger partial charge in [-0.15, -0.1) is 0 Å². The highest BCUT2D eigenvalue weighted by atomic mass is 16.6. The van der Waals surface area contributed by atoms with Gasteiger partial charge in [-0.25, -0.2) is 0 Å². The fourth-order valence-corrected chi connectivity index (χ4v) is 2.82. The van der Waals surface area contributed by atoms with Crippen molar-refractivity contribution in [2.45, 2.75) is 117 Å². The first kappa shape index (κ1) is 26.4. The van der Waals surface area contributed by atoms with Crippen LogP contribution in [0.15, 0.2) is 24.3 Å². The normalized spacial score (nSPS) is 13.2. The van der Waals surface area contributed by atoms with Crippen LogP contribution in [-0.2, 0) is 19.1 Å². The van der Waals surface area contributed by atoms with Gasteiger partial charge in [-0.05, 0) is 59.0 Å². The zero-order valence-corrected chi connectivity index (χ0v) is 18.8. The Morgan fingerprint density at radius 2 is 1.61 bits per heavy atom. The molecule has 0 unspecified atom stereocenters. The van der Waals surface area contributed by atoms with Crippen LogP contribution in [0.1, 0.15) is 105 Å². The van der Waals surface area contributed by atoms with Crippen LogP contribution in [-0.4, -0.2) is 23.6 Å². The van der Waals surface area contributed by atoms with Gasteiger partial charge in [-0.3, -0.25) is 9.59 Å². The maximum absolute atomic E-state index is 11.6. The first-order chi connectivity index (χ1) is 13.2. The summed E-state index contributed by atoms with van der Waals surface area (Å²) in [6.07, 6.45) is 19.4. The predicted octanol–water partition coefficient (Wildman–Crippen LogP) is 6.68. The Labute approximate surface area is 172 Å². The summed E-state index contributed by atoms with van der Waals surface area (Å²) in [5.41, 5.74) is -0.383. The quantitative estimate of drug-likeness (QED) is 0.176. The molecule has 0 rings (SSSR count). The van der Waals surface area contributed by atoms with E-state index in [1.165, 1.54) is 19.8 Å². The van der Waals surface area contributed by atoms with E-state index in [9.17, 15) is 9.59 Å². The van der Waals surface area contributed by atoms with Gasteiger partial charge in [0.2, 0.25) is 0 Å². The Balaban J connectivity index is 3.77. The number of hydrogen-bond acceptors (Lipinski definition) is 4. The van der Waals surface area contributed by atoms with Gasteiger partial charge in [-0.2, -0.15) is 0 Å². The number of hydrogen-bond donors (Lipinski definition) is 0. The summed E-state index contributed by atoms with van der Waals surface area (Å²) in [4.78, 5) is 22.8. The average Bonchev–Trinajstić information content (AvgIpc) is 2.57. The van der Waals surface area contributed by atoms with Crippen LogP contribution in [0.25, 0.3) is 0 Å². The summed E-state index contributed by atoms with van der Waals surface area (Å²) in [6.45, 7) is 9.33. The third-order valence-corrected chi connectivity index (χ3v) is 4.15. The minimum absolute atomic E-state index is 0.0935. The monoisotopic (exact) mass is 394 g/mol. The highest BCUT2D eigenvalue weighted by Gasteiger charge is 2.15. The Morgan fingerprint density at radius 3 is 2.25 bits per heavy atom. The van der Waals surface area contributed by atoms with Crippen molar-refractivity contribution in [3.05, 3.63) is 24.3 Å². The molecule has 0 saturated carbocycles. The van der Waals surface area contributed by atoms with Crippen molar-refractivity contribution < 1.29 is 19.1 Å². The number of allylic oxidation sites excluding steroid dienone is 3. The molecule has 4 heteroatoms. The van der Waals surface area contributed by atoms with Crippen molar-refractivity contribution >= 4 is 11.9 Å². The maximum Gasteiger partial charge on any atom is 0.306 e. The van der Waals surface area contributed by atoms with Crippen molar-refractivity contribution in [3.8, 4) is 0 Å². The molecule has 0 aliphatic rings. The topological polar surface area (TPSA) is 52.6 Å². The number of ether oxygens (including phenoxy) is 2. The van der Waals surface area contributed by atoms with E-state index in [0.717, 1.165) is 51.4 Å². The summed E-state index contributed by atoms with van der Waals surface area (Å²) < 4.78 is 10.6. The van der Waals surface area contributed by atoms with Crippen LogP contribution in [0.2, 0.25) is 0 Å². The van der Waals surface area contributed by atoms with Gasteiger partial charge >= 0.3 is 11.9 Å². The van der Waals surface area contributed by atoms with E-state index in [-0.39, 0.29) is 23.6 Å².